The number of piperidine rings is 1. The first-order valence-electron chi connectivity index (χ1n) is 10.3. The van der Waals surface area contributed by atoms with E-state index in [2.05, 4.69) is 15.2 Å². The molecule has 1 aliphatic heterocycles. The van der Waals surface area contributed by atoms with Gasteiger partial charge in [0, 0.05) is 34.9 Å². The molecule has 0 unspecified atom stereocenters. The average molecular weight is 435 g/mol. The summed E-state index contributed by atoms with van der Waals surface area (Å²) in [6.45, 7) is 2.63. The van der Waals surface area contributed by atoms with Gasteiger partial charge in [-0.3, -0.25) is 4.98 Å². The van der Waals surface area contributed by atoms with Crippen molar-refractivity contribution in [1.29, 1.82) is 0 Å². The molecule has 0 N–H and O–H groups in total. The zero-order valence-electron chi connectivity index (χ0n) is 17.1. The van der Waals surface area contributed by atoms with Gasteiger partial charge in [-0.25, -0.2) is 8.42 Å². The van der Waals surface area contributed by atoms with Crippen LogP contribution in [0.2, 0.25) is 0 Å². The minimum atomic E-state index is -3.65. The number of sulfonamides is 1. The van der Waals surface area contributed by atoms with Gasteiger partial charge in [-0.15, -0.1) is 5.10 Å². The van der Waals surface area contributed by atoms with Crippen molar-refractivity contribution >= 4 is 31.7 Å². The first kappa shape index (κ1) is 19.8. The van der Waals surface area contributed by atoms with Crippen molar-refractivity contribution in [3.63, 3.8) is 0 Å². The van der Waals surface area contributed by atoms with E-state index in [1.54, 1.807) is 18.3 Å². The minimum Gasteiger partial charge on any atom is -0.473 e. The van der Waals surface area contributed by atoms with Gasteiger partial charge in [0.25, 0.3) is 0 Å². The van der Waals surface area contributed by atoms with Crippen LogP contribution < -0.4 is 4.74 Å². The Bertz CT molecular complexity index is 1360. The standard InChI is InChI=1S/C23H22N4O3S/c1-16-9-10-17-6-4-8-21(22(17)25-16)31(28,29)27-13-11-19(12-14-27)30-23-20-7-3-2-5-18(20)15-24-26-23/h2-10,15,19H,11-14H2,1H3. The lowest BCUT2D eigenvalue weighted by atomic mass is 10.1. The molecule has 0 spiro atoms. The lowest BCUT2D eigenvalue weighted by Gasteiger charge is -2.31. The van der Waals surface area contributed by atoms with Crippen LogP contribution >= 0.6 is 0 Å². The third-order valence-corrected chi connectivity index (χ3v) is 7.59. The molecule has 0 radical (unpaired) electrons. The van der Waals surface area contributed by atoms with Crippen LogP contribution in [0.15, 0.2) is 65.7 Å². The third kappa shape index (κ3) is 3.73. The number of ether oxygens (including phenoxy) is 1. The Kier molecular flexibility index (Phi) is 5.03. The fraction of sp³-hybridized carbons (Fsp3) is 0.261. The molecule has 1 saturated heterocycles. The number of aryl methyl sites for hydroxylation is 1. The summed E-state index contributed by atoms with van der Waals surface area (Å²) in [6, 6.07) is 16.9. The first-order chi connectivity index (χ1) is 15.0. The fourth-order valence-corrected chi connectivity index (χ4v) is 5.63. The highest BCUT2D eigenvalue weighted by atomic mass is 32.2. The Morgan fingerprint density at radius 2 is 1.74 bits per heavy atom. The SMILES string of the molecule is Cc1ccc2cccc(S(=O)(=O)N3CCC(Oc4nncc5ccccc45)CC3)c2n1. The number of rotatable bonds is 4. The van der Waals surface area contributed by atoms with E-state index in [0.717, 1.165) is 21.9 Å². The Morgan fingerprint density at radius 3 is 2.58 bits per heavy atom. The molecule has 0 saturated carbocycles. The number of nitrogens with zero attached hydrogens (tertiary/aromatic N) is 4. The Hall–Kier alpha value is -3.10. The second-order valence-corrected chi connectivity index (χ2v) is 9.65. The van der Waals surface area contributed by atoms with Gasteiger partial charge < -0.3 is 4.74 Å². The van der Waals surface area contributed by atoms with E-state index in [-0.39, 0.29) is 11.0 Å². The summed E-state index contributed by atoms with van der Waals surface area (Å²) >= 11 is 0. The van der Waals surface area contributed by atoms with Gasteiger partial charge in [-0.05, 0) is 38.0 Å². The molecule has 4 aromatic rings. The van der Waals surface area contributed by atoms with Crippen molar-refractivity contribution in [2.24, 2.45) is 0 Å². The molecule has 1 fully saturated rings. The van der Waals surface area contributed by atoms with Crippen LogP contribution in [0.4, 0.5) is 0 Å². The smallest absolute Gasteiger partial charge is 0.245 e. The van der Waals surface area contributed by atoms with Gasteiger partial charge >= 0.3 is 0 Å². The molecular weight excluding hydrogens is 412 g/mol. The number of pyridine rings is 1. The van der Waals surface area contributed by atoms with Gasteiger partial charge in [-0.2, -0.15) is 9.40 Å². The van der Waals surface area contributed by atoms with Crippen LogP contribution in [0.1, 0.15) is 18.5 Å². The molecule has 2 aromatic carbocycles. The quantitative estimate of drug-likeness (QED) is 0.487. The maximum atomic E-state index is 13.4. The summed E-state index contributed by atoms with van der Waals surface area (Å²) in [6.07, 6.45) is 2.76. The van der Waals surface area contributed by atoms with E-state index in [4.69, 9.17) is 4.74 Å². The van der Waals surface area contributed by atoms with Gasteiger partial charge in [0.1, 0.15) is 11.0 Å². The number of benzene rings is 2. The molecule has 8 heteroatoms. The number of para-hydroxylation sites is 1. The zero-order chi connectivity index (χ0) is 21.4. The predicted octanol–water partition coefficient (Wildman–Crippen LogP) is 3.72. The molecular formula is C23H22N4O3S. The molecule has 31 heavy (non-hydrogen) atoms. The van der Waals surface area contributed by atoms with Gasteiger partial charge in [0.05, 0.1) is 11.7 Å². The van der Waals surface area contributed by atoms with Crippen LogP contribution in [-0.2, 0) is 10.0 Å². The number of fused-ring (bicyclic) bond motifs is 2. The van der Waals surface area contributed by atoms with E-state index in [9.17, 15) is 8.42 Å². The molecule has 0 aliphatic carbocycles. The van der Waals surface area contributed by atoms with Crippen LogP contribution in [-0.4, -0.2) is 47.1 Å². The van der Waals surface area contributed by atoms with Crippen molar-refractivity contribution in [3.05, 3.63) is 66.5 Å². The van der Waals surface area contributed by atoms with Crippen LogP contribution in [0, 0.1) is 6.92 Å². The lowest BCUT2D eigenvalue weighted by Crippen LogP contribution is -2.41. The highest BCUT2D eigenvalue weighted by Gasteiger charge is 2.32. The molecule has 0 bridgehead atoms. The lowest BCUT2D eigenvalue weighted by molar-refractivity contribution is 0.130. The van der Waals surface area contributed by atoms with Crippen molar-refractivity contribution in [2.75, 3.05) is 13.1 Å². The zero-order valence-corrected chi connectivity index (χ0v) is 17.9. The van der Waals surface area contributed by atoms with Crippen LogP contribution in [0.5, 0.6) is 5.88 Å². The van der Waals surface area contributed by atoms with Crippen molar-refractivity contribution in [1.82, 2.24) is 19.5 Å². The van der Waals surface area contributed by atoms with Gasteiger partial charge in [0.15, 0.2) is 0 Å². The van der Waals surface area contributed by atoms with E-state index in [0.29, 0.717) is 37.3 Å². The minimum absolute atomic E-state index is 0.112. The van der Waals surface area contributed by atoms with Crippen molar-refractivity contribution in [2.45, 2.75) is 30.8 Å². The Morgan fingerprint density at radius 1 is 0.968 bits per heavy atom. The molecule has 7 nitrogen and oxygen atoms in total. The van der Waals surface area contributed by atoms with E-state index in [1.165, 1.54) is 4.31 Å². The number of hydrogen-bond acceptors (Lipinski definition) is 6. The fourth-order valence-electron chi connectivity index (χ4n) is 4.00. The second kappa shape index (κ2) is 7.86. The largest absolute Gasteiger partial charge is 0.473 e. The first-order valence-corrected chi connectivity index (χ1v) is 11.7. The van der Waals surface area contributed by atoms with Gasteiger partial charge in [0.2, 0.25) is 15.9 Å². The molecule has 158 valence electrons. The monoisotopic (exact) mass is 434 g/mol. The summed E-state index contributed by atoms with van der Waals surface area (Å²) in [5, 5.41) is 10.9. The van der Waals surface area contributed by atoms with Crippen LogP contribution in [0.25, 0.3) is 21.7 Å². The maximum absolute atomic E-state index is 13.4. The highest BCUT2D eigenvalue weighted by Crippen LogP contribution is 2.29. The molecule has 0 atom stereocenters. The van der Waals surface area contributed by atoms with Gasteiger partial charge in [-0.1, -0.05) is 36.4 Å². The van der Waals surface area contributed by atoms with E-state index in [1.807, 2.05) is 49.4 Å². The molecule has 0 amide bonds. The normalized spacial score (nSPS) is 16.0. The third-order valence-electron chi connectivity index (χ3n) is 5.66. The summed E-state index contributed by atoms with van der Waals surface area (Å²) in [5.74, 6) is 0.494. The van der Waals surface area contributed by atoms with Crippen molar-refractivity contribution < 1.29 is 13.2 Å². The molecule has 1 aliphatic rings. The summed E-state index contributed by atoms with van der Waals surface area (Å²) in [5.41, 5.74) is 1.31. The predicted molar refractivity (Wildman–Crippen MR) is 118 cm³/mol. The Balaban J connectivity index is 1.35. The van der Waals surface area contributed by atoms with E-state index < -0.39 is 10.0 Å². The Labute approximate surface area is 180 Å². The molecule has 3 heterocycles. The molecule has 2 aromatic heterocycles. The van der Waals surface area contributed by atoms with E-state index >= 15 is 0 Å². The van der Waals surface area contributed by atoms with Crippen LogP contribution in [0.3, 0.4) is 0 Å². The number of hydrogen-bond donors (Lipinski definition) is 0. The number of aromatic nitrogens is 3. The topological polar surface area (TPSA) is 85.3 Å². The van der Waals surface area contributed by atoms with Crippen molar-refractivity contribution in [3.8, 4) is 5.88 Å². The summed E-state index contributed by atoms with van der Waals surface area (Å²) < 4.78 is 34.4. The average Bonchev–Trinajstić information content (AvgIpc) is 2.79. The highest BCUT2D eigenvalue weighted by molar-refractivity contribution is 7.89. The molecule has 5 rings (SSSR count). The summed E-state index contributed by atoms with van der Waals surface area (Å²) in [7, 11) is -3.65. The second-order valence-electron chi connectivity index (χ2n) is 7.74. The maximum Gasteiger partial charge on any atom is 0.245 e. The summed E-state index contributed by atoms with van der Waals surface area (Å²) in [4.78, 5) is 4.75.